The summed E-state index contributed by atoms with van der Waals surface area (Å²) in [6.07, 6.45) is 0. The predicted octanol–water partition coefficient (Wildman–Crippen LogP) is 7.08. The van der Waals surface area contributed by atoms with Gasteiger partial charge in [-0.15, -0.1) is 0 Å². The quantitative estimate of drug-likeness (QED) is 0.381. The molecular formula is C14H10Cl4IN. The van der Waals surface area contributed by atoms with Gasteiger partial charge in [0.2, 0.25) is 0 Å². The van der Waals surface area contributed by atoms with Crippen molar-refractivity contribution in [1.82, 2.24) is 0 Å². The van der Waals surface area contributed by atoms with Gasteiger partial charge in [-0.3, -0.25) is 0 Å². The highest BCUT2D eigenvalue weighted by molar-refractivity contribution is 14.1. The van der Waals surface area contributed by atoms with Crippen molar-refractivity contribution < 1.29 is 0 Å². The van der Waals surface area contributed by atoms with E-state index in [0.29, 0.717) is 20.1 Å². The first kappa shape index (κ1) is 16.5. The molecule has 2 rings (SSSR count). The summed E-state index contributed by atoms with van der Waals surface area (Å²) < 4.78 is 1.08. The number of hydrogen-bond acceptors (Lipinski definition) is 1. The van der Waals surface area contributed by atoms with E-state index in [1.54, 1.807) is 6.07 Å². The molecule has 0 saturated heterocycles. The minimum absolute atomic E-state index is 0.0465. The zero-order valence-electron chi connectivity index (χ0n) is 10.4. The first-order chi connectivity index (χ1) is 9.40. The molecule has 2 aromatic carbocycles. The molecule has 0 aliphatic rings. The van der Waals surface area contributed by atoms with Crippen molar-refractivity contribution in [3.63, 3.8) is 0 Å². The fourth-order valence-corrected chi connectivity index (χ4v) is 3.41. The summed E-state index contributed by atoms with van der Waals surface area (Å²) in [5.41, 5.74) is 1.72. The van der Waals surface area contributed by atoms with Crippen LogP contribution in [-0.4, -0.2) is 0 Å². The Morgan fingerprint density at radius 1 is 0.950 bits per heavy atom. The van der Waals surface area contributed by atoms with Gasteiger partial charge in [0.05, 0.1) is 31.8 Å². The molecule has 106 valence electrons. The Kier molecular flexibility index (Phi) is 5.71. The highest BCUT2D eigenvalue weighted by Crippen LogP contribution is 2.37. The van der Waals surface area contributed by atoms with E-state index < -0.39 is 0 Å². The number of nitrogens with one attached hydrogen (secondary N) is 1. The number of rotatable bonds is 3. The summed E-state index contributed by atoms with van der Waals surface area (Å²) in [5.74, 6) is 0. The largest absolute Gasteiger partial charge is 0.377 e. The zero-order chi connectivity index (χ0) is 14.9. The van der Waals surface area contributed by atoms with Gasteiger partial charge < -0.3 is 5.32 Å². The Hall–Kier alpha value is 0.130. The summed E-state index contributed by atoms with van der Waals surface area (Å²) in [6.45, 7) is 1.99. The SMILES string of the molecule is CC(Nc1ccc(I)cc1Cl)c1ccc(Cl)c(Cl)c1Cl. The van der Waals surface area contributed by atoms with Gasteiger partial charge in [0.1, 0.15) is 0 Å². The van der Waals surface area contributed by atoms with Crippen molar-refractivity contribution in [2.45, 2.75) is 13.0 Å². The molecule has 0 heterocycles. The van der Waals surface area contributed by atoms with Crippen LogP contribution in [0.15, 0.2) is 30.3 Å². The summed E-state index contributed by atoms with van der Waals surface area (Å²) >= 11 is 26.7. The molecule has 1 unspecified atom stereocenters. The highest BCUT2D eigenvalue weighted by Gasteiger charge is 2.15. The number of hydrogen-bond donors (Lipinski definition) is 1. The van der Waals surface area contributed by atoms with E-state index in [2.05, 4.69) is 27.9 Å². The second-order valence-electron chi connectivity index (χ2n) is 4.25. The van der Waals surface area contributed by atoms with E-state index in [1.807, 2.05) is 31.2 Å². The summed E-state index contributed by atoms with van der Waals surface area (Å²) in [4.78, 5) is 0. The maximum absolute atomic E-state index is 6.23. The predicted molar refractivity (Wildman–Crippen MR) is 97.7 cm³/mol. The van der Waals surface area contributed by atoms with E-state index >= 15 is 0 Å². The molecule has 1 nitrogen and oxygen atoms in total. The first-order valence-corrected chi connectivity index (χ1v) is 8.34. The average Bonchev–Trinajstić information content (AvgIpc) is 2.39. The molecule has 0 fully saturated rings. The lowest BCUT2D eigenvalue weighted by atomic mass is 10.1. The Morgan fingerprint density at radius 3 is 2.30 bits per heavy atom. The van der Waals surface area contributed by atoms with Crippen LogP contribution in [0, 0.1) is 3.57 Å². The van der Waals surface area contributed by atoms with E-state index in [-0.39, 0.29) is 6.04 Å². The average molecular weight is 461 g/mol. The van der Waals surface area contributed by atoms with Crippen molar-refractivity contribution in [3.8, 4) is 0 Å². The molecule has 0 saturated carbocycles. The van der Waals surface area contributed by atoms with Crippen LogP contribution in [0.25, 0.3) is 0 Å². The van der Waals surface area contributed by atoms with Crippen molar-refractivity contribution in [3.05, 3.63) is 59.6 Å². The van der Waals surface area contributed by atoms with Crippen LogP contribution in [0.4, 0.5) is 5.69 Å². The molecule has 0 radical (unpaired) electrons. The second-order valence-corrected chi connectivity index (χ2v) is 7.07. The second kappa shape index (κ2) is 6.93. The third kappa shape index (κ3) is 3.66. The Morgan fingerprint density at radius 2 is 1.65 bits per heavy atom. The van der Waals surface area contributed by atoms with Crippen LogP contribution in [-0.2, 0) is 0 Å². The zero-order valence-corrected chi connectivity index (χ0v) is 15.5. The maximum Gasteiger partial charge on any atom is 0.0782 e. The molecule has 1 N–H and O–H groups in total. The van der Waals surface area contributed by atoms with Gasteiger partial charge >= 0.3 is 0 Å². The molecule has 2 aromatic rings. The minimum Gasteiger partial charge on any atom is -0.377 e. The van der Waals surface area contributed by atoms with Gasteiger partial charge in [-0.25, -0.2) is 0 Å². The smallest absolute Gasteiger partial charge is 0.0782 e. The van der Waals surface area contributed by atoms with Crippen molar-refractivity contribution in [2.24, 2.45) is 0 Å². The first-order valence-electron chi connectivity index (χ1n) is 5.75. The number of benzene rings is 2. The van der Waals surface area contributed by atoms with Crippen molar-refractivity contribution >= 4 is 74.7 Å². The van der Waals surface area contributed by atoms with Gasteiger partial charge in [-0.05, 0) is 59.3 Å². The third-order valence-electron chi connectivity index (χ3n) is 2.83. The topological polar surface area (TPSA) is 12.0 Å². The fourth-order valence-electron chi connectivity index (χ4n) is 1.79. The lowest BCUT2D eigenvalue weighted by molar-refractivity contribution is 0.885. The van der Waals surface area contributed by atoms with Crippen LogP contribution in [0.1, 0.15) is 18.5 Å². The lowest BCUT2D eigenvalue weighted by Crippen LogP contribution is -2.08. The number of anilines is 1. The van der Waals surface area contributed by atoms with E-state index in [4.69, 9.17) is 46.4 Å². The molecular weight excluding hydrogens is 451 g/mol. The standard InChI is InChI=1S/C14H10Cl4IN/c1-7(9-3-4-10(15)14(18)13(9)17)20-12-5-2-8(19)6-11(12)16/h2-7,20H,1H3. The molecule has 20 heavy (non-hydrogen) atoms. The molecule has 1 atom stereocenters. The van der Waals surface area contributed by atoms with E-state index in [0.717, 1.165) is 14.8 Å². The molecule has 0 aliphatic heterocycles. The normalized spacial score (nSPS) is 12.3. The van der Waals surface area contributed by atoms with E-state index in [9.17, 15) is 0 Å². The fraction of sp³-hybridized carbons (Fsp3) is 0.143. The summed E-state index contributed by atoms with van der Waals surface area (Å²) in [7, 11) is 0. The third-order valence-corrected chi connectivity index (χ3v) is 5.13. The maximum atomic E-state index is 6.23. The number of halogens is 5. The van der Waals surface area contributed by atoms with Crippen molar-refractivity contribution in [2.75, 3.05) is 5.32 Å². The van der Waals surface area contributed by atoms with Gasteiger partial charge in [-0.1, -0.05) is 52.5 Å². The van der Waals surface area contributed by atoms with Crippen LogP contribution in [0.5, 0.6) is 0 Å². The Labute approximate surface area is 151 Å². The van der Waals surface area contributed by atoms with Crippen molar-refractivity contribution in [1.29, 1.82) is 0 Å². The van der Waals surface area contributed by atoms with Crippen LogP contribution in [0.2, 0.25) is 20.1 Å². The summed E-state index contributed by atoms with van der Waals surface area (Å²) in [5, 5.41) is 5.26. The Balaban J connectivity index is 2.28. The molecule has 0 aromatic heterocycles. The van der Waals surface area contributed by atoms with Crippen LogP contribution < -0.4 is 5.32 Å². The van der Waals surface area contributed by atoms with Crippen LogP contribution >= 0.6 is 69.0 Å². The molecule has 6 heteroatoms. The minimum atomic E-state index is -0.0465. The van der Waals surface area contributed by atoms with Gasteiger partial charge in [0.25, 0.3) is 0 Å². The molecule has 0 aliphatic carbocycles. The molecule has 0 spiro atoms. The van der Waals surface area contributed by atoms with Gasteiger partial charge in [0.15, 0.2) is 0 Å². The Bertz CT molecular complexity index is 645. The molecule has 0 amide bonds. The summed E-state index contributed by atoms with van der Waals surface area (Å²) in [6, 6.07) is 9.36. The monoisotopic (exact) mass is 459 g/mol. The lowest BCUT2D eigenvalue weighted by Gasteiger charge is -2.19. The van der Waals surface area contributed by atoms with Gasteiger partial charge in [-0.2, -0.15) is 0 Å². The van der Waals surface area contributed by atoms with Gasteiger partial charge in [0, 0.05) is 3.57 Å². The van der Waals surface area contributed by atoms with E-state index in [1.165, 1.54) is 0 Å². The van der Waals surface area contributed by atoms with Crippen LogP contribution in [0.3, 0.4) is 0 Å². The molecule has 0 bridgehead atoms. The highest BCUT2D eigenvalue weighted by atomic mass is 127.